The highest BCUT2D eigenvalue weighted by molar-refractivity contribution is 5.90. The van der Waals surface area contributed by atoms with Gasteiger partial charge in [0, 0.05) is 19.0 Å². The quantitative estimate of drug-likeness (QED) is 0.761. The molecule has 0 bridgehead atoms. The fraction of sp³-hybridized carbons (Fsp3) is 0.545. The number of nitrogens with zero attached hydrogens (tertiary/aromatic N) is 3. The highest BCUT2D eigenvalue weighted by atomic mass is 16.2. The molecule has 1 amide bonds. The lowest BCUT2D eigenvalue weighted by Crippen LogP contribution is -2.31. The Morgan fingerprint density at radius 2 is 2.44 bits per heavy atom. The molecule has 0 aliphatic heterocycles. The van der Waals surface area contributed by atoms with Crippen molar-refractivity contribution in [1.82, 2.24) is 20.1 Å². The molecule has 0 aromatic carbocycles. The van der Waals surface area contributed by atoms with Crippen molar-refractivity contribution in [3.63, 3.8) is 0 Å². The molecule has 1 heterocycles. The minimum atomic E-state index is -0.134. The second-order valence-corrected chi connectivity index (χ2v) is 3.95. The van der Waals surface area contributed by atoms with Gasteiger partial charge in [-0.2, -0.15) is 0 Å². The van der Waals surface area contributed by atoms with Gasteiger partial charge in [0.25, 0.3) is 5.91 Å². The number of aromatic nitrogens is 3. The van der Waals surface area contributed by atoms with E-state index >= 15 is 0 Å². The lowest BCUT2D eigenvalue weighted by atomic mass is 10.4. The van der Waals surface area contributed by atoms with Gasteiger partial charge in [-0.05, 0) is 19.8 Å². The molecule has 0 saturated heterocycles. The van der Waals surface area contributed by atoms with E-state index in [0.29, 0.717) is 19.0 Å². The van der Waals surface area contributed by atoms with Crippen LogP contribution in [0.2, 0.25) is 0 Å². The molecule has 1 saturated carbocycles. The van der Waals surface area contributed by atoms with Crippen molar-refractivity contribution in [2.45, 2.75) is 25.7 Å². The molecule has 0 atom stereocenters. The first-order chi connectivity index (χ1) is 7.76. The SMILES string of the molecule is C=CCN(CC)C(=O)c1n[nH]c(C2CC2)n1. The number of carbonyl (C=O) groups is 1. The van der Waals surface area contributed by atoms with Gasteiger partial charge in [-0.1, -0.05) is 6.08 Å². The van der Waals surface area contributed by atoms with Crippen LogP contribution in [0.4, 0.5) is 0 Å². The van der Waals surface area contributed by atoms with Gasteiger partial charge < -0.3 is 4.90 Å². The van der Waals surface area contributed by atoms with Crippen LogP contribution in [0.5, 0.6) is 0 Å². The third-order valence-corrected chi connectivity index (χ3v) is 2.68. The molecule has 1 aromatic heterocycles. The third-order valence-electron chi connectivity index (χ3n) is 2.68. The molecule has 0 unspecified atom stereocenters. The molecule has 1 aromatic rings. The fourth-order valence-electron chi connectivity index (χ4n) is 1.56. The summed E-state index contributed by atoms with van der Waals surface area (Å²) in [6.07, 6.45) is 4.00. The number of likely N-dealkylation sites (N-methyl/N-ethyl adjacent to an activating group) is 1. The molecule has 1 N–H and O–H groups in total. The first-order valence-electron chi connectivity index (χ1n) is 5.58. The summed E-state index contributed by atoms with van der Waals surface area (Å²) in [4.78, 5) is 17.8. The Bertz CT molecular complexity index is 394. The Labute approximate surface area is 94.6 Å². The summed E-state index contributed by atoms with van der Waals surface area (Å²) in [5, 5.41) is 6.80. The summed E-state index contributed by atoms with van der Waals surface area (Å²) < 4.78 is 0. The van der Waals surface area contributed by atoms with Crippen molar-refractivity contribution in [2.24, 2.45) is 0 Å². The Morgan fingerprint density at radius 1 is 1.69 bits per heavy atom. The molecule has 1 aliphatic rings. The molecular weight excluding hydrogens is 204 g/mol. The van der Waals surface area contributed by atoms with Gasteiger partial charge in [0.05, 0.1) is 0 Å². The maximum absolute atomic E-state index is 12.0. The van der Waals surface area contributed by atoms with Gasteiger partial charge in [0.1, 0.15) is 5.82 Å². The summed E-state index contributed by atoms with van der Waals surface area (Å²) in [6.45, 7) is 6.72. The minimum absolute atomic E-state index is 0.134. The molecule has 0 spiro atoms. The largest absolute Gasteiger partial charge is 0.332 e. The molecule has 2 rings (SSSR count). The second-order valence-electron chi connectivity index (χ2n) is 3.95. The zero-order valence-electron chi connectivity index (χ0n) is 9.44. The summed E-state index contributed by atoms with van der Waals surface area (Å²) in [6, 6.07) is 0. The average molecular weight is 220 g/mol. The molecular formula is C11H16N4O. The van der Waals surface area contributed by atoms with Crippen LogP contribution in [0.15, 0.2) is 12.7 Å². The minimum Gasteiger partial charge on any atom is -0.332 e. The van der Waals surface area contributed by atoms with Gasteiger partial charge >= 0.3 is 0 Å². The zero-order valence-corrected chi connectivity index (χ0v) is 9.44. The lowest BCUT2D eigenvalue weighted by molar-refractivity contribution is 0.0770. The van der Waals surface area contributed by atoms with Crippen molar-refractivity contribution in [3.8, 4) is 0 Å². The topological polar surface area (TPSA) is 61.9 Å². The summed E-state index contributed by atoms with van der Waals surface area (Å²) in [7, 11) is 0. The number of carbonyl (C=O) groups excluding carboxylic acids is 1. The van der Waals surface area contributed by atoms with E-state index in [9.17, 15) is 4.79 Å². The number of nitrogens with one attached hydrogen (secondary N) is 1. The van der Waals surface area contributed by atoms with E-state index in [2.05, 4.69) is 21.8 Å². The van der Waals surface area contributed by atoms with Crippen molar-refractivity contribution in [2.75, 3.05) is 13.1 Å². The van der Waals surface area contributed by atoms with E-state index in [1.165, 1.54) is 0 Å². The van der Waals surface area contributed by atoms with Crippen LogP contribution >= 0.6 is 0 Å². The van der Waals surface area contributed by atoms with E-state index in [-0.39, 0.29) is 11.7 Å². The van der Waals surface area contributed by atoms with E-state index in [0.717, 1.165) is 18.7 Å². The van der Waals surface area contributed by atoms with Crippen LogP contribution < -0.4 is 0 Å². The molecule has 1 aliphatic carbocycles. The number of hydrogen-bond acceptors (Lipinski definition) is 3. The highest BCUT2D eigenvalue weighted by Crippen LogP contribution is 2.37. The fourth-order valence-corrected chi connectivity index (χ4v) is 1.56. The van der Waals surface area contributed by atoms with Gasteiger partial charge in [0.2, 0.25) is 5.82 Å². The van der Waals surface area contributed by atoms with Crippen LogP contribution in [0.25, 0.3) is 0 Å². The lowest BCUT2D eigenvalue weighted by Gasteiger charge is -2.16. The summed E-state index contributed by atoms with van der Waals surface area (Å²) >= 11 is 0. The zero-order chi connectivity index (χ0) is 11.5. The van der Waals surface area contributed by atoms with Crippen molar-refractivity contribution in [3.05, 3.63) is 24.3 Å². The molecule has 1 fully saturated rings. The van der Waals surface area contributed by atoms with Gasteiger partial charge in [-0.15, -0.1) is 11.7 Å². The van der Waals surface area contributed by atoms with Crippen molar-refractivity contribution in [1.29, 1.82) is 0 Å². The smallest absolute Gasteiger partial charge is 0.293 e. The van der Waals surface area contributed by atoms with Crippen LogP contribution in [-0.2, 0) is 0 Å². The monoisotopic (exact) mass is 220 g/mol. The maximum Gasteiger partial charge on any atom is 0.293 e. The molecule has 16 heavy (non-hydrogen) atoms. The van der Waals surface area contributed by atoms with E-state index < -0.39 is 0 Å². The van der Waals surface area contributed by atoms with Crippen LogP contribution in [0.1, 0.15) is 42.1 Å². The Morgan fingerprint density at radius 3 is 3.00 bits per heavy atom. The van der Waals surface area contributed by atoms with Gasteiger partial charge in [0.15, 0.2) is 0 Å². The van der Waals surface area contributed by atoms with Gasteiger partial charge in [-0.25, -0.2) is 4.98 Å². The number of amides is 1. The average Bonchev–Trinajstić information content (AvgIpc) is 3.03. The highest BCUT2D eigenvalue weighted by Gasteiger charge is 2.28. The number of rotatable bonds is 5. The predicted molar refractivity (Wildman–Crippen MR) is 60.1 cm³/mol. The van der Waals surface area contributed by atoms with E-state index in [1.54, 1.807) is 11.0 Å². The third kappa shape index (κ3) is 2.13. The first-order valence-corrected chi connectivity index (χ1v) is 5.58. The first kappa shape index (κ1) is 10.9. The number of aromatic amines is 1. The standard InChI is InChI=1S/C11H16N4O/c1-3-7-15(4-2)11(16)10-12-9(13-14-10)8-5-6-8/h3,8H,1,4-7H2,2H3,(H,12,13,14). The van der Waals surface area contributed by atoms with Crippen LogP contribution in [0, 0.1) is 0 Å². The van der Waals surface area contributed by atoms with E-state index in [4.69, 9.17) is 0 Å². The summed E-state index contributed by atoms with van der Waals surface area (Å²) in [5.41, 5.74) is 0. The summed E-state index contributed by atoms with van der Waals surface area (Å²) in [5.74, 6) is 1.47. The van der Waals surface area contributed by atoms with Crippen molar-refractivity contribution < 1.29 is 4.79 Å². The van der Waals surface area contributed by atoms with E-state index in [1.807, 2.05) is 6.92 Å². The van der Waals surface area contributed by atoms with Gasteiger partial charge in [-0.3, -0.25) is 9.89 Å². The molecule has 0 radical (unpaired) electrons. The molecule has 5 heteroatoms. The molecule has 5 nitrogen and oxygen atoms in total. The van der Waals surface area contributed by atoms with Crippen LogP contribution in [-0.4, -0.2) is 39.1 Å². The Kier molecular flexibility index (Phi) is 3.03. The number of H-pyrrole nitrogens is 1. The predicted octanol–water partition coefficient (Wildman–Crippen LogP) is 1.33. The Balaban J connectivity index is 2.08. The van der Waals surface area contributed by atoms with Crippen molar-refractivity contribution >= 4 is 5.91 Å². The van der Waals surface area contributed by atoms with Crippen LogP contribution in [0.3, 0.4) is 0 Å². The molecule has 86 valence electrons. The normalized spacial score (nSPS) is 14.8. The maximum atomic E-state index is 12.0. The second kappa shape index (κ2) is 4.47. The Hall–Kier alpha value is -1.65. The number of hydrogen-bond donors (Lipinski definition) is 1.